The molecule has 140 valence electrons. The molecular formula is C18H18FN5O3. The Balaban J connectivity index is 1.39. The number of carbonyl (C=O) groups is 2. The Kier molecular flexibility index (Phi) is 5.83. The molecular weight excluding hydrogens is 353 g/mol. The van der Waals surface area contributed by atoms with Gasteiger partial charge in [-0.2, -0.15) is 5.10 Å². The van der Waals surface area contributed by atoms with Crippen molar-refractivity contribution in [1.82, 2.24) is 25.7 Å². The predicted octanol–water partition coefficient (Wildman–Crippen LogP) is 1.72. The maximum atomic E-state index is 13.0. The van der Waals surface area contributed by atoms with Crippen LogP contribution in [0.25, 0.3) is 5.69 Å². The number of hydrogen-bond acceptors (Lipinski definition) is 4. The third kappa shape index (κ3) is 5.43. The van der Waals surface area contributed by atoms with Crippen LogP contribution in [0, 0.1) is 5.82 Å². The van der Waals surface area contributed by atoms with Crippen molar-refractivity contribution >= 4 is 11.9 Å². The summed E-state index contributed by atoms with van der Waals surface area (Å²) in [4.78, 5) is 23.4. The van der Waals surface area contributed by atoms with Gasteiger partial charge in [0, 0.05) is 6.20 Å². The summed E-state index contributed by atoms with van der Waals surface area (Å²) in [5.41, 5.74) is 1.35. The summed E-state index contributed by atoms with van der Waals surface area (Å²) in [6.45, 7) is 0.284. The molecule has 0 atom stereocenters. The third-order valence-corrected chi connectivity index (χ3v) is 3.61. The number of rotatable bonds is 7. The molecule has 1 aromatic carbocycles. The maximum absolute atomic E-state index is 13.0. The number of amides is 3. The topological polar surface area (TPSA) is 101 Å². The lowest BCUT2D eigenvalue weighted by Gasteiger charge is -2.07. The number of aromatic nitrogens is 2. The second-order valence-electron chi connectivity index (χ2n) is 5.62. The van der Waals surface area contributed by atoms with Gasteiger partial charge in [-0.1, -0.05) is 0 Å². The van der Waals surface area contributed by atoms with Crippen LogP contribution < -0.4 is 16.0 Å². The molecule has 0 aliphatic rings. The quantitative estimate of drug-likeness (QED) is 0.589. The second-order valence-corrected chi connectivity index (χ2v) is 5.62. The van der Waals surface area contributed by atoms with Crippen LogP contribution in [0.1, 0.15) is 11.5 Å². The number of halogens is 1. The van der Waals surface area contributed by atoms with E-state index in [4.69, 9.17) is 4.42 Å². The lowest BCUT2D eigenvalue weighted by atomic mass is 10.3. The molecule has 0 spiro atoms. The normalized spacial score (nSPS) is 10.4. The maximum Gasteiger partial charge on any atom is 0.315 e. The van der Waals surface area contributed by atoms with Crippen molar-refractivity contribution in [2.45, 2.75) is 13.1 Å². The summed E-state index contributed by atoms with van der Waals surface area (Å²) in [6, 6.07) is 10.6. The van der Waals surface area contributed by atoms with Crippen molar-refractivity contribution in [2.24, 2.45) is 0 Å². The highest BCUT2D eigenvalue weighted by atomic mass is 19.1. The van der Waals surface area contributed by atoms with E-state index in [-0.39, 0.29) is 31.4 Å². The fraction of sp³-hybridized carbons (Fsp3) is 0.167. The molecule has 0 unspecified atom stereocenters. The number of urea groups is 1. The average Bonchev–Trinajstić information content (AvgIpc) is 3.35. The Bertz CT molecular complexity index is 890. The standard InChI is InChI=1S/C18H18FN5O3/c19-13-3-5-15(6-4-13)24-8-7-14(23-24)10-20-17(25)12-22-18(26)21-11-16-2-1-9-27-16/h1-9H,10-12H2,(H,20,25)(H2,21,22,26). The van der Waals surface area contributed by atoms with Crippen LogP contribution in [-0.2, 0) is 17.9 Å². The smallest absolute Gasteiger partial charge is 0.315 e. The number of carbonyl (C=O) groups excluding carboxylic acids is 2. The van der Waals surface area contributed by atoms with Gasteiger partial charge in [-0.15, -0.1) is 0 Å². The Morgan fingerprint density at radius 2 is 1.85 bits per heavy atom. The van der Waals surface area contributed by atoms with E-state index in [0.29, 0.717) is 17.1 Å². The van der Waals surface area contributed by atoms with Gasteiger partial charge in [0.25, 0.3) is 0 Å². The summed E-state index contributed by atoms with van der Waals surface area (Å²) in [7, 11) is 0. The van der Waals surface area contributed by atoms with Gasteiger partial charge in [-0.05, 0) is 42.5 Å². The fourth-order valence-electron chi connectivity index (χ4n) is 2.25. The Hall–Kier alpha value is -3.62. The first-order chi connectivity index (χ1) is 13.1. The Labute approximate surface area is 154 Å². The van der Waals surface area contributed by atoms with Crippen LogP contribution in [0.15, 0.2) is 59.3 Å². The van der Waals surface area contributed by atoms with E-state index in [0.717, 1.165) is 0 Å². The van der Waals surface area contributed by atoms with E-state index in [1.807, 2.05) is 0 Å². The van der Waals surface area contributed by atoms with Gasteiger partial charge >= 0.3 is 6.03 Å². The number of furan rings is 1. The molecule has 8 nitrogen and oxygen atoms in total. The highest BCUT2D eigenvalue weighted by Gasteiger charge is 2.07. The van der Waals surface area contributed by atoms with Gasteiger partial charge in [0.05, 0.1) is 37.3 Å². The SMILES string of the molecule is O=C(CNC(=O)NCc1ccco1)NCc1ccn(-c2ccc(F)cc2)n1. The van der Waals surface area contributed by atoms with Crippen LogP contribution in [-0.4, -0.2) is 28.3 Å². The highest BCUT2D eigenvalue weighted by Crippen LogP contribution is 2.08. The molecule has 0 radical (unpaired) electrons. The Morgan fingerprint density at radius 3 is 2.59 bits per heavy atom. The minimum atomic E-state index is -0.470. The van der Waals surface area contributed by atoms with Crippen LogP contribution in [0.4, 0.5) is 9.18 Å². The summed E-state index contributed by atoms with van der Waals surface area (Å²) in [5, 5.41) is 12.0. The molecule has 3 N–H and O–H groups in total. The van der Waals surface area contributed by atoms with Crippen molar-refractivity contribution in [1.29, 1.82) is 0 Å². The first-order valence-electron chi connectivity index (χ1n) is 8.21. The van der Waals surface area contributed by atoms with Crippen molar-refractivity contribution in [2.75, 3.05) is 6.54 Å². The van der Waals surface area contributed by atoms with E-state index in [1.54, 1.807) is 41.2 Å². The third-order valence-electron chi connectivity index (χ3n) is 3.61. The van der Waals surface area contributed by atoms with Crippen LogP contribution in [0.3, 0.4) is 0 Å². The van der Waals surface area contributed by atoms with Crippen molar-refractivity contribution in [3.8, 4) is 5.69 Å². The zero-order chi connectivity index (χ0) is 19.1. The summed E-state index contributed by atoms with van der Waals surface area (Å²) in [6.07, 6.45) is 3.23. The number of hydrogen-bond donors (Lipinski definition) is 3. The minimum absolute atomic E-state index is 0.164. The summed E-state index contributed by atoms with van der Waals surface area (Å²) >= 11 is 0. The van der Waals surface area contributed by atoms with Crippen LogP contribution >= 0.6 is 0 Å². The first kappa shape index (κ1) is 18.2. The summed E-state index contributed by atoms with van der Waals surface area (Å²) < 4.78 is 19.6. The van der Waals surface area contributed by atoms with Crippen LogP contribution in [0.5, 0.6) is 0 Å². The molecule has 3 amide bonds. The molecule has 0 aliphatic carbocycles. The molecule has 2 heterocycles. The molecule has 0 bridgehead atoms. The molecule has 0 fully saturated rings. The van der Waals surface area contributed by atoms with Gasteiger partial charge in [0.1, 0.15) is 11.6 Å². The Morgan fingerprint density at radius 1 is 1.04 bits per heavy atom. The highest BCUT2D eigenvalue weighted by molar-refractivity contribution is 5.83. The molecule has 27 heavy (non-hydrogen) atoms. The monoisotopic (exact) mass is 371 g/mol. The molecule has 2 aromatic heterocycles. The predicted molar refractivity (Wildman–Crippen MR) is 94.3 cm³/mol. The molecule has 3 aromatic rings. The largest absolute Gasteiger partial charge is 0.467 e. The zero-order valence-electron chi connectivity index (χ0n) is 14.3. The molecule has 0 aliphatic heterocycles. The minimum Gasteiger partial charge on any atom is -0.467 e. The zero-order valence-corrected chi connectivity index (χ0v) is 14.3. The van der Waals surface area contributed by atoms with E-state index in [2.05, 4.69) is 21.0 Å². The molecule has 0 saturated heterocycles. The lowest BCUT2D eigenvalue weighted by Crippen LogP contribution is -2.41. The fourth-order valence-corrected chi connectivity index (χ4v) is 2.25. The van der Waals surface area contributed by atoms with Gasteiger partial charge < -0.3 is 20.4 Å². The number of benzene rings is 1. The van der Waals surface area contributed by atoms with Crippen molar-refractivity contribution < 1.29 is 18.4 Å². The summed E-state index contributed by atoms with van der Waals surface area (Å²) in [5.74, 6) is -0.0510. The van der Waals surface area contributed by atoms with E-state index in [9.17, 15) is 14.0 Å². The van der Waals surface area contributed by atoms with Gasteiger partial charge in [0.2, 0.25) is 5.91 Å². The first-order valence-corrected chi connectivity index (χ1v) is 8.21. The second kappa shape index (κ2) is 8.65. The van der Waals surface area contributed by atoms with Gasteiger partial charge in [0.15, 0.2) is 0 Å². The number of nitrogens with one attached hydrogen (secondary N) is 3. The van der Waals surface area contributed by atoms with Crippen LogP contribution in [0.2, 0.25) is 0 Å². The number of nitrogens with zero attached hydrogens (tertiary/aromatic N) is 2. The van der Waals surface area contributed by atoms with E-state index >= 15 is 0 Å². The van der Waals surface area contributed by atoms with Gasteiger partial charge in [-0.3, -0.25) is 4.79 Å². The van der Waals surface area contributed by atoms with Gasteiger partial charge in [-0.25, -0.2) is 13.9 Å². The lowest BCUT2D eigenvalue weighted by molar-refractivity contribution is -0.120. The average molecular weight is 371 g/mol. The van der Waals surface area contributed by atoms with E-state index < -0.39 is 6.03 Å². The molecule has 0 saturated carbocycles. The molecule has 9 heteroatoms. The molecule has 3 rings (SSSR count). The van der Waals surface area contributed by atoms with Crippen molar-refractivity contribution in [3.63, 3.8) is 0 Å². The van der Waals surface area contributed by atoms with Crippen molar-refractivity contribution in [3.05, 3.63) is 72.2 Å². The van der Waals surface area contributed by atoms with E-state index in [1.165, 1.54) is 18.4 Å².